The number of nitrogens with one attached hydrogen (secondary N) is 1. The molecule has 0 aliphatic rings. The average molecular weight is 332 g/mol. The quantitative estimate of drug-likeness (QED) is 0.909. The van der Waals surface area contributed by atoms with Gasteiger partial charge in [0.1, 0.15) is 5.82 Å². The van der Waals surface area contributed by atoms with Crippen LogP contribution in [0.25, 0.3) is 12.2 Å². The normalized spacial score (nSPS) is 12.4. The van der Waals surface area contributed by atoms with E-state index in [0.717, 1.165) is 5.56 Å². The maximum absolute atomic E-state index is 13.0. The Hall–Kier alpha value is -1.43. The highest BCUT2D eigenvalue weighted by Gasteiger charge is 2.07. The number of benzene rings is 1. The number of hydrogen-bond donors (Lipinski definition) is 1. The predicted molar refractivity (Wildman–Crippen MR) is 84.1 cm³/mol. The Labute approximate surface area is 133 Å². The third-order valence-corrected chi connectivity index (χ3v) is 3.12. The molecule has 0 fully saturated rings. The Morgan fingerprint density at radius 1 is 1.43 bits per heavy atom. The highest BCUT2D eigenvalue weighted by molar-refractivity contribution is 6.30. The Bertz CT molecular complexity index is 616. The zero-order valence-corrected chi connectivity index (χ0v) is 13.2. The molecular weight excluding hydrogens is 316 g/mol. The van der Waals surface area contributed by atoms with Crippen molar-refractivity contribution in [1.29, 1.82) is 0 Å². The fourth-order valence-electron chi connectivity index (χ4n) is 1.58. The highest BCUT2D eigenvalue weighted by atomic mass is 35.5. The molecule has 114 valence electrons. The van der Waals surface area contributed by atoms with E-state index >= 15 is 0 Å². The molecule has 0 spiro atoms. The molecule has 1 atom stereocenters. The summed E-state index contributed by atoms with van der Waals surface area (Å²) in [6.45, 7) is 2.03. The smallest absolute Gasteiger partial charge is 0.250 e. The monoisotopic (exact) mass is 331 g/mol. The van der Waals surface area contributed by atoms with Gasteiger partial charge in [0.05, 0.1) is 5.02 Å². The Morgan fingerprint density at radius 3 is 2.86 bits per heavy atom. The van der Waals surface area contributed by atoms with Gasteiger partial charge in [-0.05, 0) is 37.7 Å². The lowest BCUT2D eigenvalue weighted by Crippen LogP contribution is -2.24. The molecule has 4 nitrogen and oxygen atoms in total. The van der Waals surface area contributed by atoms with Gasteiger partial charge in [0, 0.05) is 18.5 Å². The first-order valence-corrected chi connectivity index (χ1v) is 6.59. The van der Waals surface area contributed by atoms with Crippen LogP contribution in [0.1, 0.15) is 24.2 Å². The maximum atomic E-state index is 13.0. The fourth-order valence-corrected chi connectivity index (χ4v) is 1.77. The third-order valence-electron chi connectivity index (χ3n) is 2.83. The SMILES string of the molecule is CNC(C)Cc1noc(/C=C/c2ccc(F)c(Cl)c2)n1.Cl. The van der Waals surface area contributed by atoms with Gasteiger partial charge < -0.3 is 9.84 Å². The molecule has 2 aromatic rings. The van der Waals surface area contributed by atoms with Gasteiger partial charge in [0.25, 0.3) is 5.89 Å². The van der Waals surface area contributed by atoms with Crippen LogP contribution in [0.3, 0.4) is 0 Å². The Balaban J connectivity index is 0.00000220. The lowest BCUT2D eigenvalue weighted by atomic mass is 10.2. The van der Waals surface area contributed by atoms with Crippen molar-refractivity contribution in [1.82, 2.24) is 15.5 Å². The van der Waals surface area contributed by atoms with Crippen LogP contribution in [0.4, 0.5) is 4.39 Å². The predicted octanol–water partition coefficient (Wildman–Crippen LogP) is 3.60. The Morgan fingerprint density at radius 2 is 2.19 bits per heavy atom. The molecule has 0 aliphatic heterocycles. The van der Waals surface area contributed by atoms with Crippen LogP contribution in [-0.4, -0.2) is 23.2 Å². The summed E-state index contributed by atoms with van der Waals surface area (Å²) >= 11 is 5.71. The van der Waals surface area contributed by atoms with E-state index in [9.17, 15) is 4.39 Å². The van der Waals surface area contributed by atoms with Gasteiger partial charge in [-0.3, -0.25) is 0 Å². The van der Waals surface area contributed by atoms with E-state index in [1.54, 1.807) is 18.2 Å². The molecule has 0 aliphatic carbocycles. The molecule has 1 N–H and O–H groups in total. The topological polar surface area (TPSA) is 51.0 Å². The van der Waals surface area contributed by atoms with Crippen molar-refractivity contribution in [2.24, 2.45) is 0 Å². The zero-order chi connectivity index (χ0) is 14.5. The van der Waals surface area contributed by atoms with Gasteiger partial charge >= 0.3 is 0 Å². The standard InChI is InChI=1S/C14H15ClFN3O.ClH/c1-9(17-2)7-13-18-14(20-19-13)6-4-10-3-5-12(16)11(15)8-10;/h3-6,8-9,17H,7H2,1-2H3;1H/b6-4+;. The van der Waals surface area contributed by atoms with Crippen molar-refractivity contribution >= 4 is 36.2 Å². The summed E-state index contributed by atoms with van der Waals surface area (Å²) < 4.78 is 18.1. The molecule has 1 heterocycles. The number of aromatic nitrogens is 2. The summed E-state index contributed by atoms with van der Waals surface area (Å²) in [4.78, 5) is 4.24. The van der Waals surface area contributed by atoms with Gasteiger partial charge in [0.15, 0.2) is 5.82 Å². The second-order valence-corrected chi connectivity index (χ2v) is 4.86. The van der Waals surface area contributed by atoms with Crippen LogP contribution >= 0.6 is 24.0 Å². The first-order valence-electron chi connectivity index (χ1n) is 6.21. The fraction of sp³-hybridized carbons (Fsp3) is 0.286. The van der Waals surface area contributed by atoms with Crippen molar-refractivity contribution in [3.05, 3.63) is 46.3 Å². The number of halogens is 3. The molecule has 1 aromatic heterocycles. The summed E-state index contributed by atoms with van der Waals surface area (Å²) in [5, 5.41) is 7.07. The van der Waals surface area contributed by atoms with Gasteiger partial charge in [-0.2, -0.15) is 4.98 Å². The van der Waals surface area contributed by atoms with Crippen LogP contribution < -0.4 is 5.32 Å². The summed E-state index contributed by atoms with van der Waals surface area (Å²) in [6, 6.07) is 4.75. The van der Waals surface area contributed by atoms with E-state index in [4.69, 9.17) is 16.1 Å². The van der Waals surface area contributed by atoms with Crippen molar-refractivity contribution < 1.29 is 8.91 Å². The number of rotatable bonds is 5. The second-order valence-electron chi connectivity index (χ2n) is 4.45. The van der Waals surface area contributed by atoms with Crippen LogP contribution in [0, 0.1) is 5.82 Å². The number of nitrogens with zero attached hydrogens (tertiary/aromatic N) is 2. The minimum Gasteiger partial charge on any atom is -0.335 e. The number of likely N-dealkylation sites (N-methyl/N-ethyl adjacent to an activating group) is 1. The lowest BCUT2D eigenvalue weighted by molar-refractivity contribution is 0.400. The second kappa shape index (κ2) is 8.12. The molecule has 0 radical (unpaired) electrons. The van der Waals surface area contributed by atoms with E-state index in [1.807, 2.05) is 14.0 Å². The minimum atomic E-state index is -0.440. The summed E-state index contributed by atoms with van der Waals surface area (Å²) in [7, 11) is 1.88. The molecule has 21 heavy (non-hydrogen) atoms. The Kier molecular flexibility index (Phi) is 6.81. The lowest BCUT2D eigenvalue weighted by Gasteiger charge is -2.04. The van der Waals surface area contributed by atoms with Crippen LogP contribution in [0.15, 0.2) is 22.7 Å². The maximum Gasteiger partial charge on any atom is 0.250 e. The third kappa shape index (κ3) is 5.12. The van der Waals surface area contributed by atoms with Crippen LogP contribution in [0.5, 0.6) is 0 Å². The molecule has 0 bridgehead atoms. The molecule has 0 amide bonds. The van der Waals surface area contributed by atoms with E-state index < -0.39 is 5.82 Å². The van der Waals surface area contributed by atoms with Gasteiger partial charge in [-0.15, -0.1) is 12.4 Å². The summed E-state index contributed by atoms with van der Waals surface area (Å²) in [5.41, 5.74) is 0.764. The molecule has 7 heteroatoms. The van der Waals surface area contributed by atoms with E-state index in [2.05, 4.69) is 15.5 Å². The molecule has 2 rings (SSSR count). The van der Waals surface area contributed by atoms with Crippen molar-refractivity contribution in [2.75, 3.05) is 7.05 Å². The first kappa shape index (κ1) is 17.6. The molecule has 0 saturated carbocycles. The summed E-state index contributed by atoms with van der Waals surface area (Å²) in [5.74, 6) is 0.609. The largest absolute Gasteiger partial charge is 0.335 e. The highest BCUT2D eigenvalue weighted by Crippen LogP contribution is 2.17. The van der Waals surface area contributed by atoms with Gasteiger partial charge in [-0.25, -0.2) is 4.39 Å². The van der Waals surface area contributed by atoms with Crippen molar-refractivity contribution in [3.63, 3.8) is 0 Å². The average Bonchev–Trinajstić information content (AvgIpc) is 2.87. The van der Waals surface area contributed by atoms with Crippen molar-refractivity contribution in [2.45, 2.75) is 19.4 Å². The number of hydrogen-bond acceptors (Lipinski definition) is 4. The molecule has 1 aromatic carbocycles. The molecular formula is C14H16Cl2FN3O. The minimum absolute atomic E-state index is 0. The van der Waals surface area contributed by atoms with E-state index in [1.165, 1.54) is 12.1 Å². The van der Waals surface area contributed by atoms with Crippen LogP contribution in [0.2, 0.25) is 5.02 Å². The van der Waals surface area contributed by atoms with Crippen LogP contribution in [-0.2, 0) is 6.42 Å². The zero-order valence-electron chi connectivity index (χ0n) is 11.6. The summed E-state index contributed by atoms with van der Waals surface area (Å²) in [6.07, 6.45) is 4.10. The van der Waals surface area contributed by atoms with Crippen molar-refractivity contribution in [3.8, 4) is 0 Å². The van der Waals surface area contributed by atoms with E-state index in [0.29, 0.717) is 18.1 Å². The van der Waals surface area contributed by atoms with E-state index in [-0.39, 0.29) is 23.5 Å². The molecule has 1 unspecified atom stereocenters. The van der Waals surface area contributed by atoms with Gasteiger partial charge in [0.2, 0.25) is 0 Å². The molecule has 0 saturated heterocycles. The van der Waals surface area contributed by atoms with Gasteiger partial charge in [-0.1, -0.05) is 22.8 Å². The first-order chi connectivity index (χ1) is 9.58.